The number of halogens is 1. The predicted molar refractivity (Wildman–Crippen MR) is 49.5 cm³/mol. The Morgan fingerprint density at radius 3 is 3.14 bits per heavy atom. The van der Waals surface area contributed by atoms with E-state index in [-0.39, 0.29) is 12.4 Å². The van der Waals surface area contributed by atoms with Gasteiger partial charge in [-0.05, 0) is 11.6 Å². The van der Waals surface area contributed by atoms with Crippen molar-refractivity contribution in [3.8, 4) is 0 Å². The quantitative estimate of drug-likeness (QED) is 0.641. The van der Waals surface area contributed by atoms with Crippen molar-refractivity contribution in [3.63, 3.8) is 0 Å². The Labute approximate surface area is 80.8 Å². The fourth-order valence-electron chi connectivity index (χ4n) is 1.69. The van der Waals surface area contributed by atoms with Crippen molar-refractivity contribution in [3.05, 3.63) is 35.7 Å². The molecule has 14 heavy (non-hydrogen) atoms. The predicted octanol–water partition coefficient (Wildman–Crippen LogP) is 1.95. The summed E-state index contributed by atoms with van der Waals surface area (Å²) in [6.07, 6.45) is 5.54. The molecular formula is C10H10FNO2. The molecule has 0 aromatic carbocycles. The first-order valence-corrected chi connectivity index (χ1v) is 4.39. The Morgan fingerprint density at radius 1 is 1.64 bits per heavy atom. The SMILES string of the molecule is O=C(O)N1CC2=CC(C1)C(F)=CC=C2. The zero-order valence-electron chi connectivity index (χ0n) is 7.48. The highest BCUT2D eigenvalue weighted by Crippen LogP contribution is 2.25. The molecule has 3 nitrogen and oxygen atoms in total. The fraction of sp³-hybridized carbons (Fsp3) is 0.300. The van der Waals surface area contributed by atoms with E-state index in [1.54, 1.807) is 18.2 Å². The lowest BCUT2D eigenvalue weighted by Crippen LogP contribution is -2.38. The smallest absolute Gasteiger partial charge is 0.407 e. The molecule has 1 atom stereocenters. The van der Waals surface area contributed by atoms with Crippen LogP contribution in [0.5, 0.6) is 0 Å². The highest BCUT2D eigenvalue weighted by Gasteiger charge is 2.26. The van der Waals surface area contributed by atoms with Crippen LogP contribution >= 0.6 is 0 Å². The van der Waals surface area contributed by atoms with E-state index in [0.29, 0.717) is 6.54 Å². The third kappa shape index (κ3) is 1.55. The number of carboxylic acid groups (broad SMARTS) is 1. The van der Waals surface area contributed by atoms with E-state index < -0.39 is 12.0 Å². The third-order valence-corrected chi connectivity index (χ3v) is 2.40. The van der Waals surface area contributed by atoms with E-state index in [4.69, 9.17) is 5.11 Å². The van der Waals surface area contributed by atoms with Gasteiger partial charge in [-0.3, -0.25) is 0 Å². The topological polar surface area (TPSA) is 40.5 Å². The highest BCUT2D eigenvalue weighted by molar-refractivity contribution is 5.66. The van der Waals surface area contributed by atoms with Crippen molar-refractivity contribution in [1.29, 1.82) is 0 Å². The number of amides is 1. The van der Waals surface area contributed by atoms with Crippen LogP contribution in [-0.2, 0) is 0 Å². The molecule has 2 bridgehead atoms. The van der Waals surface area contributed by atoms with Gasteiger partial charge in [-0.25, -0.2) is 9.18 Å². The Balaban J connectivity index is 2.28. The molecular weight excluding hydrogens is 185 g/mol. The number of nitrogens with zero attached hydrogens (tertiary/aromatic N) is 1. The van der Waals surface area contributed by atoms with Gasteiger partial charge < -0.3 is 10.0 Å². The molecule has 0 aromatic heterocycles. The van der Waals surface area contributed by atoms with Crippen LogP contribution in [0.4, 0.5) is 9.18 Å². The van der Waals surface area contributed by atoms with E-state index in [1.807, 2.05) is 0 Å². The van der Waals surface area contributed by atoms with E-state index in [9.17, 15) is 9.18 Å². The van der Waals surface area contributed by atoms with E-state index in [2.05, 4.69) is 0 Å². The maximum Gasteiger partial charge on any atom is 0.407 e. The summed E-state index contributed by atoms with van der Waals surface area (Å²) >= 11 is 0. The first kappa shape index (κ1) is 8.99. The zero-order chi connectivity index (χ0) is 10.1. The van der Waals surface area contributed by atoms with Crippen molar-refractivity contribution in [2.75, 3.05) is 13.1 Å². The molecule has 1 aliphatic heterocycles. The summed E-state index contributed by atoms with van der Waals surface area (Å²) in [5.74, 6) is -0.688. The molecule has 0 saturated carbocycles. The molecule has 1 amide bonds. The minimum Gasteiger partial charge on any atom is -0.465 e. The maximum atomic E-state index is 13.3. The number of fused-ring (bicyclic) bond motifs is 1. The van der Waals surface area contributed by atoms with Gasteiger partial charge in [-0.1, -0.05) is 18.2 Å². The fourth-order valence-corrected chi connectivity index (χ4v) is 1.69. The van der Waals surface area contributed by atoms with Crippen LogP contribution in [-0.4, -0.2) is 29.2 Å². The first-order chi connectivity index (χ1) is 6.66. The van der Waals surface area contributed by atoms with Crippen LogP contribution in [0.25, 0.3) is 0 Å². The number of allylic oxidation sites excluding steroid dienone is 2. The molecule has 0 radical (unpaired) electrons. The molecule has 74 valence electrons. The average molecular weight is 195 g/mol. The van der Waals surface area contributed by atoms with Crippen LogP contribution in [0.1, 0.15) is 0 Å². The van der Waals surface area contributed by atoms with Gasteiger partial charge >= 0.3 is 6.09 Å². The highest BCUT2D eigenvalue weighted by atomic mass is 19.1. The summed E-state index contributed by atoms with van der Waals surface area (Å²) < 4.78 is 13.3. The summed E-state index contributed by atoms with van der Waals surface area (Å²) in [6, 6.07) is 0. The summed E-state index contributed by atoms with van der Waals surface area (Å²) in [5, 5.41) is 8.80. The van der Waals surface area contributed by atoms with E-state index in [1.165, 1.54) is 11.0 Å². The maximum absolute atomic E-state index is 13.3. The monoisotopic (exact) mass is 195 g/mol. The van der Waals surface area contributed by atoms with Crippen molar-refractivity contribution < 1.29 is 14.3 Å². The van der Waals surface area contributed by atoms with Crippen LogP contribution in [0.3, 0.4) is 0 Å². The molecule has 0 saturated heterocycles. The van der Waals surface area contributed by atoms with Gasteiger partial charge in [0, 0.05) is 19.0 Å². The van der Waals surface area contributed by atoms with Crippen molar-refractivity contribution >= 4 is 6.09 Å². The standard InChI is InChI=1S/C10H10FNO2/c11-9-3-1-2-7-4-8(9)6-12(5-7)10(13)14/h1-4,8H,5-6H2,(H,13,14). The Bertz CT molecular complexity index is 357. The van der Waals surface area contributed by atoms with Gasteiger partial charge in [-0.15, -0.1) is 0 Å². The van der Waals surface area contributed by atoms with Crippen LogP contribution in [0, 0.1) is 5.92 Å². The van der Waals surface area contributed by atoms with Gasteiger partial charge in [0.05, 0.1) is 0 Å². The number of hydrogen-bond donors (Lipinski definition) is 1. The summed E-state index contributed by atoms with van der Waals surface area (Å²) in [5.41, 5.74) is 0.854. The summed E-state index contributed by atoms with van der Waals surface area (Å²) in [7, 11) is 0. The molecule has 1 heterocycles. The average Bonchev–Trinajstić information content (AvgIpc) is 2.27. The molecule has 4 heteroatoms. The molecule has 1 N–H and O–H groups in total. The Morgan fingerprint density at radius 2 is 2.43 bits per heavy atom. The second kappa shape index (κ2) is 3.29. The lowest BCUT2D eigenvalue weighted by molar-refractivity contribution is 0.142. The summed E-state index contributed by atoms with van der Waals surface area (Å²) in [6.45, 7) is 0.562. The summed E-state index contributed by atoms with van der Waals surface area (Å²) in [4.78, 5) is 12.0. The van der Waals surface area contributed by atoms with Crippen molar-refractivity contribution in [2.24, 2.45) is 5.92 Å². The van der Waals surface area contributed by atoms with Crippen LogP contribution in [0.2, 0.25) is 0 Å². The normalized spacial score (nSPS) is 25.2. The lowest BCUT2D eigenvalue weighted by atomic mass is 10.0. The number of rotatable bonds is 0. The third-order valence-electron chi connectivity index (χ3n) is 2.40. The largest absolute Gasteiger partial charge is 0.465 e. The Kier molecular flexibility index (Phi) is 2.11. The Hall–Kier alpha value is -1.58. The molecule has 1 aliphatic carbocycles. The van der Waals surface area contributed by atoms with Gasteiger partial charge in [0.25, 0.3) is 0 Å². The molecule has 0 spiro atoms. The van der Waals surface area contributed by atoms with Crippen molar-refractivity contribution in [1.82, 2.24) is 4.90 Å². The van der Waals surface area contributed by atoms with Crippen LogP contribution < -0.4 is 0 Å². The first-order valence-electron chi connectivity index (χ1n) is 4.39. The van der Waals surface area contributed by atoms with Crippen molar-refractivity contribution in [2.45, 2.75) is 0 Å². The van der Waals surface area contributed by atoms with E-state index >= 15 is 0 Å². The van der Waals surface area contributed by atoms with Crippen LogP contribution in [0.15, 0.2) is 35.7 Å². The van der Waals surface area contributed by atoms with Gasteiger partial charge in [0.2, 0.25) is 0 Å². The minimum atomic E-state index is -0.997. The molecule has 0 fully saturated rings. The van der Waals surface area contributed by atoms with Gasteiger partial charge in [0.1, 0.15) is 5.83 Å². The molecule has 2 aliphatic rings. The lowest BCUT2D eigenvalue weighted by Gasteiger charge is -2.27. The second-order valence-electron chi connectivity index (χ2n) is 3.42. The number of hydrogen-bond acceptors (Lipinski definition) is 1. The molecule has 1 unspecified atom stereocenters. The van der Waals surface area contributed by atoms with E-state index in [0.717, 1.165) is 5.57 Å². The van der Waals surface area contributed by atoms with Gasteiger partial charge in [-0.2, -0.15) is 0 Å². The number of carbonyl (C=O) groups is 1. The second-order valence-corrected chi connectivity index (χ2v) is 3.42. The molecule has 0 aromatic rings. The molecule has 2 rings (SSSR count). The van der Waals surface area contributed by atoms with Gasteiger partial charge in [0.15, 0.2) is 0 Å². The minimum absolute atomic E-state index is 0.211. The zero-order valence-corrected chi connectivity index (χ0v) is 7.48.